The van der Waals surface area contributed by atoms with Crippen LogP contribution in [0, 0.1) is 0 Å². The van der Waals surface area contributed by atoms with E-state index in [1.54, 1.807) is 6.92 Å². The summed E-state index contributed by atoms with van der Waals surface area (Å²) >= 11 is 4.79. The summed E-state index contributed by atoms with van der Waals surface area (Å²) in [6.45, 7) is 1.60. The first-order valence-corrected chi connectivity index (χ1v) is 6.52. The Morgan fingerprint density at radius 1 is 1.53 bits per heavy atom. The Labute approximate surface area is 103 Å². The number of carbonyl (C=O) groups excluding carboxylic acids is 1. The molecule has 0 radical (unpaired) electrons. The van der Waals surface area contributed by atoms with Crippen molar-refractivity contribution in [1.82, 2.24) is 0 Å². The summed E-state index contributed by atoms with van der Waals surface area (Å²) < 4.78 is 1.09. The van der Waals surface area contributed by atoms with Crippen LogP contribution in [0.2, 0.25) is 0 Å². The van der Waals surface area contributed by atoms with Gasteiger partial charge in [0.25, 0.3) is 0 Å². The zero-order valence-corrected chi connectivity index (χ0v) is 11.0. The van der Waals surface area contributed by atoms with Gasteiger partial charge in [0.2, 0.25) is 0 Å². The monoisotopic (exact) mass is 284 g/mol. The minimum atomic E-state index is 0.186. The fourth-order valence-corrected chi connectivity index (χ4v) is 2.06. The molecule has 80 valence electrons. The van der Waals surface area contributed by atoms with Crippen molar-refractivity contribution in [2.24, 2.45) is 0 Å². The van der Waals surface area contributed by atoms with E-state index in [9.17, 15) is 4.79 Å². The van der Waals surface area contributed by atoms with Crippen LogP contribution >= 0.6 is 27.7 Å². The van der Waals surface area contributed by atoms with Crippen LogP contribution in [0.15, 0.2) is 34.8 Å². The molecule has 0 saturated heterocycles. The highest BCUT2D eigenvalue weighted by atomic mass is 79.9. The maximum absolute atomic E-state index is 10.7. The Morgan fingerprint density at radius 3 is 3.00 bits per heavy atom. The normalized spacial score (nSPS) is 10.8. The highest BCUT2D eigenvalue weighted by Crippen LogP contribution is 2.13. The van der Waals surface area contributed by atoms with Gasteiger partial charge in [-0.05, 0) is 24.1 Å². The minimum Gasteiger partial charge on any atom is -0.288 e. The molecule has 0 heterocycles. The summed E-state index contributed by atoms with van der Waals surface area (Å²) in [5.74, 6) is 0.861. The van der Waals surface area contributed by atoms with Crippen molar-refractivity contribution < 1.29 is 4.79 Å². The van der Waals surface area contributed by atoms with Crippen molar-refractivity contribution in [2.75, 3.05) is 5.75 Å². The molecular weight excluding hydrogens is 272 g/mol. The molecular formula is C12H13BrOS. The first kappa shape index (κ1) is 12.5. The summed E-state index contributed by atoms with van der Waals surface area (Å²) in [5, 5.41) is 0.186. The molecule has 1 nitrogen and oxygen atoms in total. The van der Waals surface area contributed by atoms with Crippen molar-refractivity contribution in [3.05, 3.63) is 40.4 Å². The maximum atomic E-state index is 10.7. The van der Waals surface area contributed by atoms with E-state index >= 15 is 0 Å². The van der Waals surface area contributed by atoms with Gasteiger partial charge in [0, 0.05) is 17.1 Å². The average Bonchev–Trinajstić information content (AvgIpc) is 2.17. The third kappa shape index (κ3) is 5.80. The molecule has 0 aliphatic heterocycles. The number of carbonyl (C=O) groups is 1. The lowest BCUT2D eigenvalue weighted by Crippen LogP contribution is -1.83. The van der Waals surface area contributed by atoms with E-state index < -0.39 is 0 Å². The third-order valence-corrected chi connectivity index (χ3v) is 3.09. The maximum Gasteiger partial charge on any atom is 0.185 e. The standard InChI is InChI=1S/C12H13BrOS/c1-10(14)15-8-3-2-5-11-6-4-7-12(13)9-11/h2,4-7,9H,3,8H2,1H3. The molecule has 0 atom stereocenters. The number of hydrogen-bond donors (Lipinski definition) is 0. The molecule has 0 aromatic heterocycles. The van der Waals surface area contributed by atoms with Crippen LogP contribution in [-0.2, 0) is 4.79 Å². The lowest BCUT2D eigenvalue weighted by atomic mass is 10.2. The molecule has 0 saturated carbocycles. The first-order chi connectivity index (χ1) is 7.18. The molecule has 0 aliphatic rings. The van der Waals surface area contributed by atoms with Gasteiger partial charge in [-0.25, -0.2) is 0 Å². The molecule has 1 aromatic rings. The van der Waals surface area contributed by atoms with Crippen LogP contribution in [0.3, 0.4) is 0 Å². The topological polar surface area (TPSA) is 17.1 Å². The Bertz CT molecular complexity index is 360. The van der Waals surface area contributed by atoms with Gasteiger partial charge in [0.1, 0.15) is 0 Å². The van der Waals surface area contributed by atoms with E-state index in [1.807, 2.05) is 12.1 Å². The summed E-state index contributed by atoms with van der Waals surface area (Å²) in [4.78, 5) is 10.7. The van der Waals surface area contributed by atoms with Crippen LogP contribution in [0.25, 0.3) is 6.08 Å². The van der Waals surface area contributed by atoms with Crippen LogP contribution in [0.5, 0.6) is 0 Å². The zero-order chi connectivity index (χ0) is 11.1. The Morgan fingerprint density at radius 2 is 2.33 bits per heavy atom. The van der Waals surface area contributed by atoms with E-state index in [2.05, 4.69) is 40.2 Å². The van der Waals surface area contributed by atoms with Gasteiger partial charge in [-0.1, -0.05) is 52.0 Å². The minimum absolute atomic E-state index is 0.186. The summed E-state index contributed by atoms with van der Waals surface area (Å²) in [6, 6.07) is 8.13. The van der Waals surface area contributed by atoms with Gasteiger partial charge in [-0.15, -0.1) is 0 Å². The van der Waals surface area contributed by atoms with E-state index in [1.165, 1.54) is 17.3 Å². The third-order valence-electron chi connectivity index (χ3n) is 1.75. The van der Waals surface area contributed by atoms with Gasteiger partial charge in [-0.2, -0.15) is 0 Å². The van der Waals surface area contributed by atoms with Gasteiger partial charge in [-0.3, -0.25) is 4.79 Å². The predicted octanol–water partition coefficient (Wildman–Crippen LogP) is 4.13. The van der Waals surface area contributed by atoms with Crippen molar-refractivity contribution in [3.8, 4) is 0 Å². The number of thioether (sulfide) groups is 1. The lowest BCUT2D eigenvalue weighted by Gasteiger charge is -1.94. The van der Waals surface area contributed by atoms with Crippen molar-refractivity contribution in [1.29, 1.82) is 0 Å². The SMILES string of the molecule is CC(=O)SCCC=Cc1cccc(Br)c1. The molecule has 1 aromatic carbocycles. The lowest BCUT2D eigenvalue weighted by molar-refractivity contribution is -0.109. The smallest absolute Gasteiger partial charge is 0.185 e. The number of allylic oxidation sites excluding steroid dienone is 1. The molecule has 0 fully saturated rings. The molecule has 0 amide bonds. The van der Waals surface area contributed by atoms with Gasteiger partial charge in [0.05, 0.1) is 0 Å². The van der Waals surface area contributed by atoms with Crippen LogP contribution in [0.1, 0.15) is 18.9 Å². The second-order valence-corrected chi connectivity index (χ2v) is 5.27. The average molecular weight is 285 g/mol. The molecule has 3 heteroatoms. The van der Waals surface area contributed by atoms with Crippen molar-refractivity contribution in [3.63, 3.8) is 0 Å². The number of hydrogen-bond acceptors (Lipinski definition) is 2. The second-order valence-electron chi connectivity index (χ2n) is 3.09. The largest absolute Gasteiger partial charge is 0.288 e. The van der Waals surface area contributed by atoms with E-state index in [0.29, 0.717) is 0 Å². The molecule has 1 rings (SSSR count). The number of halogens is 1. The summed E-state index contributed by atoms with van der Waals surface area (Å²) in [5.41, 5.74) is 1.18. The molecule has 0 bridgehead atoms. The van der Waals surface area contributed by atoms with Crippen LogP contribution in [-0.4, -0.2) is 10.9 Å². The van der Waals surface area contributed by atoms with Crippen molar-refractivity contribution >= 4 is 38.9 Å². The summed E-state index contributed by atoms with van der Waals surface area (Å²) in [7, 11) is 0. The quantitative estimate of drug-likeness (QED) is 0.774. The highest BCUT2D eigenvalue weighted by Gasteiger charge is 1.91. The summed E-state index contributed by atoms with van der Waals surface area (Å²) in [6.07, 6.45) is 5.10. The van der Waals surface area contributed by atoms with Gasteiger partial charge in [0.15, 0.2) is 5.12 Å². The van der Waals surface area contributed by atoms with Gasteiger partial charge < -0.3 is 0 Å². The first-order valence-electron chi connectivity index (χ1n) is 4.74. The predicted molar refractivity (Wildman–Crippen MR) is 70.9 cm³/mol. The fraction of sp³-hybridized carbons (Fsp3) is 0.250. The fourth-order valence-electron chi connectivity index (χ4n) is 1.10. The molecule has 0 unspecified atom stereocenters. The second kappa shape index (κ2) is 6.85. The number of rotatable bonds is 4. The molecule has 15 heavy (non-hydrogen) atoms. The molecule has 0 aliphatic carbocycles. The Balaban J connectivity index is 2.35. The Kier molecular flexibility index (Phi) is 5.73. The number of benzene rings is 1. The van der Waals surface area contributed by atoms with Gasteiger partial charge >= 0.3 is 0 Å². The van der Waals surface area contributed by atoms with E-state index in [-0.39, 0.29) is 5.12 Å². The molecule has 0 N–H and O–H groups in total. The Hall–Kier alpha value is -0.540. The van der Waals surface area contributed by atoms with Crippen LogP contribution in [0.4, 0.5) is 0 Å². The van der Waals surface area contributed by atoms with Crippen LogP contribution < -0.4 is 0 Å². The van der Waals surface area contributed by atoms with E-state index in [4.69, 9.17) is 0 Å². The van der Waals surface area contributed by atoms with E-state index in [0.717, 1.165) is 16.6 Å². The zero-order valence-electron chi connectivity index (χ0n) is 8.57. The molecule has 0 spiro atoms. The highest BCUT2D eigenvalue weighted by molar-refractivity contribution is 9.10. The van der Waals surface area contributed by atoms with Crippen molar-refractivity contribution in [2.45, 2.75) is 13.3 Å².